The molecular weight excluding hydrogens is 552 g/mol. The number of hydrogen-bond donors (Lipinski definition) is 2. The number of para-hydroxylation sites is 1. The van der Waals surface area contributed by atoms with Gasteiger partial charge in [-0.3, -0.25) is 9.59 Å². The molecule has 6 rings (SSSR count). The van der Waals surface area contributed by atoms with E-state index in [1.807, 2.05) is 39.0 Å². The number of urea groups is 1. The lowest BCUT2D eigenvalue weighted by Gasteiger charge is -2.41. The number of amides is 4. The number of benzene rings is 2. The molecule has 0 unspecified atom stereocenters. The zero-order valence-electron chi connectivity index (χ0n) is 26.2. The van der Waals surface area contributed by atoms with Gasteiger partial charge in [-0.15, -0.1) is 0 Å². The van der Waals surface area contributed by atoms with Gasteiger partial charge in [-0.2, -0.15) is 0 Å². The molecule has 0 bridgehead atoms. The summed E-state index contributed by atoms with van der Waals surface area (Å²) >= 11 is 0. The zero-order chi connectivity index (χ0) is 30.5. The van der Waals surface area contributed by atoms with Crippen molar-refractivity contribution in [2.75, 3.05) is 44.6 Å². The van der Waals surface area contributed by atoms with Crippen molar-refractivity contribution in [2.45, 2.75) is 89.5 Å². The van der Waals surface area contributed by atoms with Crippen molar-refractivity contribution in [1.29, 1.82) is 0 Å². The molecule has 1 atom stereocenters. The highest BCUT2D eigenvalue weighted by Gasteiger charge is 2.35. The van der Waals surface area contributed by atoms with E-state index in [1.165, 1.54) is 37.9 Å². The average Bonchev–Trinajstić information content (AvgIpc) is 3.06. The minimum atomic E-state index is -0.559. The fraction of sp³-hybridized carbons (Fsp3) is 0.571. The Kier molecular flexibility index (Phi) is 9.82. The number of hydrogen-bond acceptors (Lipinski definition) is 5. The molecule has 0 aromatic heterocycles. The highest BCUT2D eigenvalue weighted by atomic mass is 16.2. The molecule has 44 heavy (non-hydrogen) atoms. The van der Waals surface area contributed by atoms with Crippen LogP contribution >= 0.6 is 0 Å². The first-order valence-corrected chi connectivity index (χ1v) is 16.7. The summed E-state index contributed by atoms with van der Waals surface area (Å²) in [5, 5.41) is 6.49. The van der Waals surface area contributed by atoms with Crippen molar-refractivity contribution in [3.63, 3.8) is 0 Å². The number of fused-ring (bicyclic) bond motifs is 1. The Morgan fingerprint density at radius 3 is 2.32 bits per heavy atom. The normalized spacial score (nSPS) is 21.1. The van der Waals surface area contributed by atoms with Gasteiger partial charge in [-0.05, 0) is 75.7 Å². The first-order chi connectivity index (χ1) is 21.4. The molecular formula is C35H48N6O3. The molecule has 3 fully saturated rings. The van der Waals surface area contributed by atoms with E-state index in [1.54, 1.807) is 0 Å². The number of aryl methyl sites for hydroxylation is 1. The fourth-order valence-electron chi connectivity index (χ4n) is 7.51. The van der Waals surface area contributed by atoms with E-state index in [0.29, 0.717) is 32.2 Å². The van der Waals surface area contributed by atoms with E-state index in [-0.39, 0.29) is 30.3 Å². The maximum Gasteiger partial charge on any atom is 0.322 e. The van der Waals surface area contributed by atoms with Crippen LogP contribution in [-0.2, 0) is 22.7 Å². The SMILES string of the molecule is Cc1cccc(CN[C@@H](CC(=O)N2CCC(N3Cc4ccccc4NC3=O)CC2)C(=O)N2CCC(N3CCCCC3)CC2)c1. The summed E-state index contributed by atoms with van der Waals surface area (Å²) in [7, 11) is 0. The predicted molar refractivity (Wildman–Crippen MR) is 172 cm³/mol. The van der Waals surface area contributed by atoms with Crippen LogP contribution in [0.1, 0.15) is 68.1 Å². The van der Waals surface area contributed by atoms with E-state index in [9.17, 15) is 14.4 Å². The van der Waals surface area contributed by atoms with Crippen molar-refractivity contribution >= 4 is 23.5 Å². The van der Waals surface area contributed by atoms with Crippen LogP contribution in [-0.4, -0.2) is 94.8 Å². The molecule has 0 aliphatic carbocycles. The molecule has 2 aromatic carbocycles. The molecule has 2 N–H and O–H groups in total. The van der Waals surface area contributed by atoms with E-state index in [2.05, 4.69) is 46.7 Å². The number of nitrogens with zero attached hydrogens (tertiary/aromatic N) is 4. The lowest BCUT2D eigenvalue weighted by atomic mass is 9.98. The second-order valence-electron chi connectivity index (χ2n) is 13.1. The van der Waals surface area contributed by atoms with E-state index in [4.69, 9.17) is 0 Å². The number of nitrogens with one attached hydrogen (secondary N) is 2. The smallest absolute Gasteiger partial charge is 0.322 e. The summed E-state index contributed by atoms with van der Waals surface area (Å²) in [6.07, 6.45) is 7.53. The molecule has 236 valence electrons. The van der Waals surface area contributed by atoms with Gasteiger partial charge in [-0.25, -0.2) is 4.79 Å². The highest BCUT2D eigenvalue weighted by Crippen LogP contribution is 2.28. The number of carbonyl (C=O) groups is 3. The zero-order valence-corrected chi connectivity index (χ0v) is 26.2. The Balaban J connectivity index is 1.05. The van der Waals surface area contributed by atoms with Crippen LogP contribution in [0.5, 0.6) is 0 Å². The molecule has 4 amide bonds. The summed E-state index contributed by atoms with van der Waals surface area (Å²) in [4.78, 5) is 48.8. The first kappa shape index (κ1) is 30.6. The Bertz CT molecular complexity index is 1310. The van der Waals surface area contributed by atoms with Crippen LogP contribution in [0.4, 0.5) is 10.5 Å². The van der Waals surface area contributed by atoms with Crippen molar-refractivity contribution in [3.8, 4) is 0 Å². The monoisotopic (exact) mass is 600 g/mol. The molecule has 9 heteroatoms. The molecule has 0 spiro atoms. The van der Waals surface area contributed by atoms with Gasteiger partial charge in [0.25, 0.3) is 0 Å². The summed E-state index contributed by atoms with van der Waals surface area (Å²) < 4.78 is 0. The summed E-state index contributed by atoms with van der Waals surface area (Å²) in [5.41, 5.74) is 4.29. The van der Waals surface area contributed by atoms with E-state index < -0.39 is 6.04 Å². The molecule has 3 saturated heterocycles. The van der Waals surface area contributed by atoms with Gasteiger partial charge in [0.05, 0.1) is 12.5 Å². The fourth-order valence-corrected chi connectivity index (χ4v) is 7.51. The van der Waals surface area contributed by atoms with E-state index in [0.717, 1.165) is 55.6 Å². The number of likely N-dealkylation sites (tertiary alicyclic amines) is 3. The average molecular weight is 601 g/mol. The number of anilines is 1. The van der Waals surface area contributed by atoms with Crippen LogP contribution in [0.25, 0.3) is 0 Å². The highest BCUT2D eigenvalue weighted by molar-refractivity contribution is 5.92. The standard InChI is InChI=1S/C35H48N6O3/c1-26-8-7-9-27(22-26)24-36-32(34(43)40-20-12-29(13-21-40)38-16-5-2-6-17-38)23-33(42)39-18-14-30(15-19-39)41-25-28-10-3-4-11-31(28)37-35(41)44/h3-4,7-11,22,29-30,32,36H,2,5-6,12-21,23-25H2,1H3,(H,37,44)/t32-/m0/s1. The molecule has 4 heterocycles. The third kappa shape index (κ3) is 7.26. The lowest BCUT2D eigenvalue weighted by molar-refractivity contribution is -0.141. The van der Waals surface area contributed by atoms with Gasteiger partial charge in [0, 0.05) is 57.0 Å². The Morgan fingerprint density at radius 2 is 1.57 bits per heavy atom. The first-order valence-electron chi connectivity index (χ1n) is 16.7. The lowest BCUT2D eigenvalue weighted by Crippen LogP contribution is -2.54. The van der Waals surface area contributed by atoms with Crippen LogP contribution in [0.15, 0.2) is 48.5 Å². The van der Waals surface area contributed by atoms with Gasteiger partial charge in [0.15, 0.2) is 0 Å². The summed E-state index contributed by atoms with van der Waals surface area (Å²) in [6, 6.07) is 16.2. The second-order valence-corrected chi connectivity index (χ2v) is 13.1. The van der Waals surface area contributed by atoms with E-state index >= 15 is 0 Å². The van der Waals surface area contributed by atoms with Crippen molar-refractivity contribution < 1.29 is 14.4 Å². The van der Waals surface area contributed by atoms with Gasteiger partial charge >= 0.3 is 6.03 Å². The Hall–Kier alpha value is -3.43. The number of carbonyl (C=O) groups excluding carboxylic acids is 3. The van der Waals surface area contributed by atoms with Gasteiger partial charge < -0.3 is 30.2 Å². The second kappa shape index (κ2) is 14.1. The third-order valence-electron chi connectivity index (χ3n) is 10.1. The summed E-state index contributed by atoms with van der Waals surface area (Å²) in [5.74, 6) is 0.0526. The minimum Gasteiger partial charge on any atom is -0.342 e. The molecule has 2 aromatic rings. The van der Waals surface area contributed by atoms with Gasteiger partial charge in [-0.1, -0.05) is 54.4 Å². The minimum absolute atomic E-state index is 0.00943. The number of rotatable bonds is 8. The molecule has 9 nitrogen and oxygen atoms in total. The maximum atomic E-state index is 13.9. The topological polar surface area (TPSA) is 88.2 Å². The van der Waals surface area contributed by atoms with Crippen LogP contribution < -0.4 is 10.6 Å². The molecule has 0 radical (unpaired) electrons. The largest absolute Gasteiger partial charge is 0.342 e. The Morgan fingerprint density at radius 1 is 0.864 bits per heavy atom. The van der Waals surface area contributed by atoms with Crippen molar-refractivity contribution in [1.82, 2.24) is 24.9 Å². The number of piperidine rings is 3. The van der Waals surface area contributed by atoms with Crippen molar-refractivity contribution in [2.24, 2.45) is 0 Å². The third-order valence-corrected chi connectivity index (χ3v) is 10.1. The predicted octanol–water partition coefficient (Wildman–Crippen LogP) is 4.36. The Labute approximate surface area is 261 Å². The molecule has 4 aliphatic rings. The quantitative estimate of drug-likeness (QED) is 0.470. The van der Waals surface area contributed by atoms with Crippen LogP contribution in [0.3, 0.4) is 0 Å². The maximum absolute atomic E-state index is 13.9. The van der Waals surface area contributed by atoms with Crippen LogP contribution in [0.2, 0.25) is 0 Å². The van der Waals surface area contributed by atoms with Gasteiger partial charge in [0.2, 0.25) is 11.8 Å². The van der Waals surface area contributed by atoms with Gasteiger partial charge in [0.1, 0.15) is 0 Å². The molecule has 4 aliphatic heterocycles. The summed E-state index contributed by atoms with van der Waals surface area (Å²) in [6.45, 7) is 8.26. The molecule has 0 saturated carbocycles. The van der Waals surface area contributed by atoms with Crippen molar-refractivity contribution in [3.05, 3.63) is 65.2 Å². The van der Waals surface area contributed by atoms with Crippen LogP contribution in [0, 0.1) is 6.92 Å².